The lowest BCUT2D eigenvalue weighted by atomic mass is 10.1. The van der Waals surface area contributed by atoms with E-state index in [1.54, 1.807) is 0 Å². The maximum atomic E-state index is 12.3. The third-order valence-corrected chi connectivity index (χ3v) is 4.55. The molecule has 0 unspecified atom stereocenters. The van der Waals surface area contributed by atoms with Gasteiger partial charge >= 0.3 is 5.97 Å². The van der Waals surface area contributed by atoms with Crippen LogP contribution in [0.4, 0.5) is 0 Å². The zero-order valence-corrected chi connectivity index (χ0v) is 18.1. The summed E-state index contributed by atoms with van der Waals surface area (Å²) in [5.41, 5.74) is 5.22. The van der Waals surface area contributed by atoms with Crippen LogP contribution in [0.25, 0.3) is 0 Å². The monoisotopic (exact) mass is 472 g/mol. The Hall–Kier alpha value is -3.30. The van der Waals surface area contributed by atoms with Crippen LogP contribution in [-0.4, -0.2) is 96.7 Å². The molecule has 1 rings (SSSR count). The predicted octanol–water partition coefficient (Wildman–Crippen LogP) is -4.72. The van der Waals surface area contributed by atoms with E-state index in [9.17, 15) is 29.1 Å². The van der Waals surface area contributed by atoms with Gasteiger partial charge in [0.15, 0.2) is 5.96 Å². The molecule has 186 valence electrons. The van der Waals surface area contributed by atoms with Crippen LogP contribution in [0.3, 0.4) is 0 Å². The standard InChI is InChI=1S/C18H32N8O7/c19-18(20)23-4-1-2-11-16(32)22-5-3-10(27)7-21-8-13(28)26-12(6-15(30)31)17(33)24-9-14(29)25-11/h11-12,16,21-22,32H,1-9H2,(H,24,33)(H,25,29)(H,26,28)(H,30,31)(H4,19,20,23)/t11-,12-,16-/m0/s1. The van der Waals surface area contributed by atoms with E-state index in [1.165, 1.54) is 0 Å². The molecule has 0 aromatic rings. The van der Waals surface area contributed by atoms with Crippen molar-refractivity contribution in [1.29, 1.82) is 5.41 Å². The normalized spacial score (nSPS) is 24.1. The Kier molecular flexibility index (Phi) is 12.4. The van der Waals surface area contributed by atoms with Crippen LogP contribution in [-0.2, 0) is 24.0 Å². The van der Waals surface area contributed by atoms with Crippen molar-refractivity contribution in [3.05, 3.63) is 0 Å². The Morgan fingerprint density at radius 3 is 2.48 bits per heavy atom. The number of ketones is 1. The van der Waals surface area contributed by atoms with Gasteiger partial charge in [0.25, 0.3) is 0 Å². The van der Waals surface area contributed by atoms with E-state index in [2.05, 4.69) is 31.9 Å². The van der Waals surface area contributed by atoms with Crippen molar-refractivity contribution in [2.24, 2.45) is 5.73 Å². The second-order valence-corrected chi connectivity index (χ2v) is 7.38. The fourth-order valence-corrected chi connectivity index (χ4v) is 2.94. The molecular weight excluding hydrogens is 440 g/mol. The molecule has 0 bridgehead atoms. The van der Waals surface area contributed by atoms with Gasteiger partial charge in [0, 0.05) is 19.5 Å². The van der Waals surface area contributed by atoms with Gasteiger partial charge in [-0.15, -0.1) is 0 Å². The van der Waals surface area contributed by atoms with Crippen LogP contribution in [0, 0.1) is 5.41 Å². The number of hydrogen-bond acceptors (Lipinski definition) is 9. The van der Waals surface area contributed by atoms with Gasteiger partial charge in [-0.05, 0) is 12.8 Å². The van der Waals surface area contributed by atoms with Gasteiger partial charge in [-0.2, -0.15) is 0 Å². The first-order valence-electron chi connectivity index (χ1n) is 10.4. The minimum absolute atomic E-state index is 0.0416. The molecule has 0 saturated carbocycles. The Labute approximate surface area is 190 Å². The van der Waals surface area contributed by atoms with Crippen molar-refractivity contribution >= 4 is 35.4 Å². The number of nitrogens with two attached hydrogens (primary N) is 1. The molecule has 0 aromatic heterocycles. The van der Waals surface area contributed by atoms with Crippen molar-refractivity contribution in [1.82, 2.24) is 31.9 Å². The number of aliphatic hydroxyl groups is 1. The molecule has 3 atom stereocenters. The minimum Gasteiger partial charge on any atom is -0.481 e. The van der Waals surface area contributed by atoms with Gasteiger partial charge in [-0.1, -0.05) is 0 Å². The molecule has 1 heterocycles. The van der Waals surface area contributed by atoms with Gasteiger partial charge in [-0.25, -0.2) is 0 Å². The lowest BCUT2D eigenvalue weighted by Gasteiger charge is -2.25. The van der Waals surface area contributed by atoms with Crippen molar-refractivity contribution in [3.8, 4) is 0 Å². The Bertz CT molecular complexity index is 733. The van der Waals surface area contributed by atoms with Crippen LogP contribution in [0.15, 0.2) is 0 Å². The summed E-state index contributed by atoms with van der Waals surface area (Å²) in [7, 11) is 0. The van der Waals surface area contributed by atoms with Gasteiger partial charge < -0.3 is 42.5 Å². The molecule has 0 spiro atoms. The number of Topliss-reactive ketones (excluding diaryl/α,β-unsaturated/α-hetero) is 1. The number of amides is 3. The Balaban J connectivity index is 2.87. The highest BCUT2D eigenvalue weighted by molar-refractivity contribution is 5.93. The number of guanidine groups is 1. The first-order valence-corrected chi connectivity index (χ1v) is 10.4. The van der Waals surface area contributed by atoms with Crippen LogP contribution >= 0.6 is 0 Å². The summed E-state index contributed by atoms with van der Waals surface area (Å²) < 4.78 is 0. The summed E-state index contributed by atoms with van der Waals surface area (Å²) >= 11 is 0. The predicted molar refractivity (Wildman–Crippen MR) is 115 cm³/mol. The Morgan fingerprint density at radius 2 is 1.82 bits per heavy atom. The van der Waals surface area contributed by atoms with Crippen LogP contribution in [0.2, 0.25) is 0 Å². The zero-order valence-electron chi connectivity index (χ0n) is 18.1. The average molecular weight is 473 g/mol. The van der Waals surface area contributed by atoms with Gasteiger partial charge in [0.1, 0.15) is 18.1 Å². The number of carboxylic acid groups (broad SMARTS) is 1. The first kappa shape index (κ1) is 27.7. The minimum atomic E-state index is -1.42. The maximum absolute atomic E-state index is 12.3. The second kappa shape index (κ2) is 14.7. The van der Waals surface area contributed by atoms with Crippen LogP contribution in [0.1, 0.15) is 25.7 Å². The number of nitrogens with one attached hydrogen (secondary N) is 7. The van der Waals surface area contributed by atoms with E-state index in [4.69, 9.17) is 16.2 Å². The third-order valence-electron chi connectivity index (χ3n) is 4.55. The average Bonchev–Trinajstić information content (AvgIpc) is 2.72. The molecular formula is C18H32N8O7. The number of aliphatic hydroxyl groups excluding tert-OH is 1. The summed E-state index contributed by atoms with van der Waals surface area (Å²) in [4.78, 5) is 59.6. The highest BCUT2D eigenvalue weighted by Crippen LogP contribution is 2.02. The number of carbonyl (C=O) groups excluding carboxylic acids is 4. The largest absolute Gasteiger partial charge is 0.481 e. The van der Waals surface area contributed by atoms with Crippen molar-refractivity contribution in [3.63, 3.8) is 0 Å². The number of aliphatic carboxylic acids is 1. The lowest BCUT2D eigenvalue weighted by Crippen LogP contribution is -2.54. The van der Waals surface area contributed by atoms with Crippen molar-refractivity contribution < 1.29 is 34.2 Å². The summed E-state index contributed by atoms with van der Waals surface area (Å²) in [5, 5.41) is 41.6. The number of carbonyl (C=O) groups is 5. The molecule has 0 radical (unpaired) electrons. The molecule has 0 aromatic carbocycles. The topological polar surface area (TPSA) is 248 Å². The molecule has 11 N–H and O–H groups in total. The summed E-state index contributed by atoms with van der Waals surface area (Å²) in [6, 6.07) is -2.21. The smallest absolute Gasteiger partial charge is 0.305 e. The molecule has 1 aliphatic heterocycles. The van der Waals surface area contributed by atoms with E-state index in [0.29, 0.717) is 13.0 Å². The summed E-state index contributed by atoms with van der Waals surface area (Å²) in [6.45, 7) is -0.536. The molecule has 0 aliphatic carbocycles. The quantitative estimate of drug-likeness (QED) is 0.0998. The molecule has 15 heteroatoms. The molecule has 15 nitrogen and oxygen atoms in total. The van der Waals surface area contributed by atoms with E-state index in [1.807, 2.05) is 0 Å². The molecule has 1 aliphatic rings. The number of rotatable bonds is 6. The fourth-order valence-electron chi connectivity index (χ4n) is 2.94. The number of carboxylic acids is 1. The molecule has 1 saturated heterocycles. The van der Waals surface area contributed by atoms with Crippen molar-refractivity contribution in [2.75, 3.05) is 32.7 Å². The van der Waals surface area contributed by atoms with Crippen LogP contribution in [0.5, 0.6) is 0 Å². The zero-order chi connectivity index (χ0) is 24.8. The third kappa shape index (κ3) is 12.4. The highest BCUT2D eigenvalue weighted by Gasteiger charge is 2.26. The highest BCUT2D eigenvalue weighted by atomic mass is 16.4. The second-order valence-electron chi connectivity index (χ2n) is 7.38. The van der Waals surface area contributed by atoms with E-state index in [0.717, 1.165) is 0 Å². The van der Waals surface area contributed by atoms with Gasteiger partial charge in [0.05, 0.1) is 32.1 Å². The molecule has 3 amide bonds. The van der Waals surface area contributed by atoms with Gasteiger partial charge in [0.2, 0.25) is 17.7 Å². The summed E-state index contributed by atoms with van der Waals surface area (Å²) in [5.74, 6) is -4.02. The fraction of sp³-hybridized carbons (Fsp3) is 0.667. The Morgan fingerprint density at radius 1 is 1.12 bits per heavy atom. The van der Waals surface area contributed by atoms with Crippen LogP contribution < -0.4 is 37.6 Å². The van der Waals surface area contributed by atoms with Crippen molar-refractivity contribution in [2.45, 2.75) is 44.0 Å². The molecule has 1 fully saturated rings. The van der Waals surface area contributed by atoms with Gasteiger partial charge in [-0.3, -0.25) is 34.7 Å². The molecule has 33 heavy (non-hydrogen) atoms. The summed E-state index contributed by atoms with van der Waals surface area (Å²) in [6.07, 6.45) is -1.15. The van der Waals surface area contributed by atoms with E-state index >= 15 is 0 Å². The van der Waals surface area contributed by atoms with E-state index < -0.39 is 55.0 Å². The SMILES string of the molecule is N=C(N)NCCC[C@@H]1NC(=O)CNC(=O)[C@H](CC(=O)O)NC(=O)CNCC(=O)CCN[C@H]1O. The maximum Gasteiger partial charge on any atom is 0.305 e. The van der Waals surface area contributed by atoms with E-state index in [-0.39, 0.29) is 44.2 Å². The number of hydrogen-bond donors (Lipinski definition) is 10. The lowest BCUT2D eigenvalue weighted by molar-refractivity contribution is -0.140. The first-order chi connectivity index (χ1) is 15.6.